The number of aryl methyl sites for hydroxylation is 2. The first-order valence-corrected chi connectivity index (χ1v) is 17.3. The Morgan fingerprint density at radius 1 is 0.898 bits per heavy atom. The zero-order chi connectivity index (χ0) is 35.7. The van der Waals surface area contributed by atoms with Crippen LogP contribution >= 0.6 is 0 Å². The summed E-state index contributed by atoms with van der Waals surface area (Å²) in [6.07, 6.45) is 0.182. The quantitative estimate of drug-likeness (QED) is 0.123. The SMILES string of the molecule is COc1ccc(N(CC(=O)N(Cc2ccccc2C)[C@@H](Cc2ccccc2)C(=O)NCC(C)C)S(=O)(=O)c2ccc(C)c([N+](=O)[O-])c2)cc1. The van der Waals surface area contributed by atoms with Crippen LogP contribution in [0.2, 0.25) is 0 Å². The molecule has 0 spiro atoms. The van der Waals surface area contributed by atoms with Crippen LogP contribution in [0, 0.1) is 29.9 Å². The maximum Gasteiger partial charge on any atom is 0.273 e. The minimum atomic E-state index is -4.54. The summed E-state index contributed by atoms with van der Waals surface area (Å²) >= 11 is 0. The summed E-state index contributed by atoms with van der Waals surface area (Å²) < 4.78 is 34.9. The monoisotopic (exact) mass is 686 g/mol. The zero-order valence-electron chi connectivity index (χ0n) is 28.3. The Morgan fingerprint density at radius 3 is 2.16 bits per heavy atom. The van der Waals surface area contributed by atoms with Gasteiger partial charge in [0.15, 0.2) is 0 Å². The highest BCUT2D eigenvalue weighted by molar-refractivity contribution is 7.92. The number of nitro groups is 1. The van der Waals surface area contributed by atoms with E-state index in [0.717, 1.165) is 27.1 Å². The third-order valence-electron chi connectivity index (χ3n) is 8.16. The normalized spacial score (nSPS) is 11.9. The van der Waals surface area contributed by atoms with E-state index in [0.29, 0.717) is 12.3 Å². The Kier molecular flexibility index (Phi) is 12.1. The molecule has 0 fully saturated rings. The highest BCUT2D eigenvalue weighted by Gasteiger charge is 2.35. The third kappa shape index (κ3) is 9.23. The van der Waals surface area contributed by atoms with Crippen molar-refractivity contribution in [3.8, 4) is 5.75 Å². The average molecular weight is 687 g/mol. The van der Waals surface area contributed by atoms with E-state index in [4.69, 9.17) is 4.74 Å². The van der Waals surface area contributed by atoms with Crippen LogP contribution in [0.3, 0.4) is 0 Å². The smallest absolute Gasteiger partial charge is 0.273 e. The number of sulfonamides is 1. The summed E-state index contributed by atoms with van der Waals surface area (Å²) in [5, 5.41) is 14.7. The van der Waals surface area contributed by atoms with E-state index in [1.807, 2.05) is 75.4 Å². The molecule has 4 rings (SSSR count). The Labute approximate surface area is 287 Å². The number of anilines is 1. The Balaban J connectivity index is 1.85. The van der Waals surface area contributed by atoms with Crippen molar-refractivity contribution in [1.29, 1.82) is 0 Å². The first-order chi connectivity index (χ1) is 23.3. The Morgan fingerprint density at radius 2 is 1.55 bits per heavy atom. The molecule has 0 aromatic heterocycles. The molecule has 49 heavy (non-hydrogen) atoms. The molecule has 2 amide bonds. The molecule has 4 aromatic carbocycles. The van der Waals surface area contributed by atoms with E-state index in [2.05, 4.69) is 5.32 Å². The number of methoxy groups -OCH3 is 1. The molecule has 0 aliphatic carbocycles. The standard InChI is InChI=1S/C37H42N4O7S/c1-26(2)23-38-37(43)35(21-29-12-7-6-8-13-29)39(24-30-14-10-9-11-27(30)3)36(42)25-40(31-16-18-32(48-5)19-17-31)49(46,47)33-20-15-28(4)34(22-33)41(44)45/h6-20,22,26,35H,21,23-25H2,1-5H3,(H,38,43)/t35-/m0/s1. The van der Waals surface area contributed by atoms with E-state index in [9.17, 15) is 28.1 Å². The first kappa shape index (κ1) is 36.6. The van der Waals surface area contributed by atoms with Crippen molar-refractivity contribution >= 4 is 33.2 Å². The second-order valence-corrected chi connectivity index (χ2v) is 14.1. The van der Waals surface area contributed by atoms with Gasteiger partial charge < -0.3 is 15.0 Å². The van der Waals surface area contributed by atoms with E-state index in [-0.39, 0.29) is 46.6 Å². The number of carbonyl (C=O) groups is 2. The van der Waals surface area contributed by atoms with E-state index >= 15 is 0 Å². The fourth-order valence-corrected chi connectivity index (χ4v) is 6.73. The van der Waals surface area contributed by atoms with Gasteiger partial charge in [-0.3, -0.25) is 24.0 Å². The lowest BCUT2D eigenvalue weighted by Crippen LogP contribution is -2.53. The Bertz CT molecular complexity index is 1880. The largest absolute Gasteiger partial charge is 0.497 e. The van der Waals surface area contributed by atoms with Gasteiger partial charge >= 0.3 is 0 Å². The lowest BCUT2D eigenvalue weighted by molar-refractivity contribution is -0.385. The molecule has 258 valence electrons. The number of amides is 2. The fourth-order valence-electron chi connectivity index (χ4n) is 5.30. The van der Waals surface area contributed by atoms with E-state index < -0.39 is 33.4 Å². The molecule has 4 aromatic rings. The maximum atomic E-state index is 14.7. The van der Waals surface area contributed by atoms with Crippen molar-refractivity contribution in [2.24, 2.45) is 5.92 Å². The number of rotatable bonds is 15. The van der Waals surface area contributed by atoms with Gasteiger partial charge in [-0.25, -0.2) is 8.42 Å². The van der Waals surface area contributed by atoms with Crippen molar-refractivity contribution in [1.82, 2.24) is 10.2 Å². The molecule has 0 radical (unpaired) electrons. The molecule has 0 saturated heterocycles. The number of nitrogens with one attached hydrogen (secondary N) is 1. The van der Waals surface area contributed by atoms with Gasteiger partial charge in [0.1, 0.15) is 18.3 Å². The van der Waals surface area contributed by atoms with Crippen molar-refractivity contribution in [3.63, 3.8) is 0 Å². The zero-order valence-corrected chi connectivity index (χ0v) is 29.1. The molecular formula is C37H42N4O7S. The predicted octanol–water partition coefficient (Wildman–Crippen LogP) is 5.83. The van der Waals surface area contributed by atoms with Crippen LogP contribution in [0.4, 0.5) is 11.4 Å². The van der Waals surface area contributed by atoms with E-state index in [1.54, 1.807) is 12.1 Å². The van der Waals surface area contributed by atoms with Gasteiger partial charge in [-0.1, -0.05) is 74.5 Å². The van der Waals surface area contributed by atoms with Crippen molar-refractivity contribution in [2.75, 3.05) is 24.5 Å². The molecule has 1 atom stereocenters. The minimum Gasteiger partial charge on any atom is -0.497 e. The highest BCUT2D eigenvalue weighted by atomic mass is 32.2. The topological polar surface area (TPSA) is 139 Å². The first-order valence-electron chi connectivity index (χ1n) is 15.9. The average Bonchev–Trinajstić information content (AvgIpc) is 3.08. The lowest BCUT2D eigenvalue weighted by atomic mass is 10.0. The van der Waals surface area contributed by atoms with Gasteiger partial charge in [-0.15, -0.1) is 0 Å². The van der Waals surface area contributed by atoms with Crippen LogP contribution in [0.1, 0.15) is 36.1 Å². The number of carbonyl (C=O) groups excluding carboxylic acids is 2. The van der Waals surface area contributed by atoms with Crippen LogP contribution in [0.15, 0.2) is 102 Å². The van der Waals surface area contributed by atoms with Gasteiger partial charge in [0, 0.05) is 31.1 Å². The predicted molar refractivity (Wildman–Crippen MR) is 189 cm³/mol. The fraction of sp³-hybridized carbons (Fsp3) is 0.297. The molecule has 0 aliphatic heterocycles. The van der Waals surface area contributed by atoms with Gasteiger partial charge in [-0.05, 0) is 66.8 Å². The summed E-state index contributed by atoms with van der Waals surface area (Å²) in [5.41, 5.74) is 2.56. The number of nitro benzene ring substituents is 1. The molecule has 0 heterocycles. The van der Waals surface area contributed by atoms with Crippen LogP contribution in [0.25, 0.3) is 0 Å². The maximum absolute atomic E-state index is 14.7. The summed E-state index contributed by atoms with van der Waals surface area (Å²) in [7, 11) is -3.07. The van der Waals surface area contributed by atoms with Crippen LogP contribution < -0.4 is 14.4 Å². The minimum absolute atomic E-state index is 0.0324. The molecule has 1 N–H and O–H groups in total. The van der Waals surface area contributed by atoms with Crippen LogP contribution in [-0.4, -0.2) is 56.3 Å². The van der Waals surface area contributed by atoms with Crippen LogP contribution in [-0.2, 0) is 32.6 Å². The molecule has 12 heteroatoms. The third-order valence-corrected chi connectivity index (χ3v) is 9.93. The van der Waals surface area contributed by atoms with Gasteiger partial charge in [0.05, 0.1) is 22.6 Å². The second kappa shape index (κ2) is 16.2. The number of hydrogen-bond acceptors (Lipinski definition) is 7. The number of nitrogens with zero attached hydrogens (tertiary/aromatic N) is 3. The molecular weight excluding hydrogens is 644 g/mol. The summed E-state index contributed by atoms with van der Waals surface area (Å²) in [5.74, 6) is -0.391. The van der Waals surface area contributed by atoms with Gasteiger partial charge in [0.2, 0.25) is 11.8 Å². The van der Waals surface area contributed by atoms with Gasteiger partial charge in [-0.2, -0.15) is 0 Å². The summed E-state index contributed by atoms with van der Waals surface area (Å²) in [6, 6.07) is 25.5. The molecule has 11 nitrogen and oxygen atoms in total. The Hall–Kier alpha value is -5.23. The highest BCUT2D eigenvalue weighted by Crippen LogP contribution is 2.30. The second-order valence-electron chi connectivity index (χ2n) is 12.2. The molecule has 0 aliphatic rings. The number of benzene rings is 4. The molecule has 0 unspecified atom stereocenters. The number of ether oxygens (including phenoxy) is 1. The van der Waals surface area contributed by atoms with Crippen molar-refractivity contribution in [3.05, 3.63) is 129 Å². The van der Waals surface area contributed by atoms with Crippen molar-refractivity contribution in [2.45, 2.75) is 51.6 Å². The summed E-state index contributed by atoms with van der Waals surface area (Å²) in [6.45, 7) is 7.08. The molecule has 0 bridgehead atoms. The van der Waals surface area contributed by atoms with Gasteiger partial charge in [0.25, 0.3) is 15.7 Å². The molecule has 0 saturated carbocycles. The lowest BCUT2D eigenvalue weighted by Gasteiger charge is -2.34. The van der Waals surface area contributed by atoms with Crippen LogP contribution in [0.5, 0.6) is 5.75 Å². The van der Waals surface area contributed by atoms with Crippen molar-refractivity contribution < 1.29 is 27.7 Å². The number of hydrogen-bond donors (Lipinski definition) is 1. The summed E-state index contributed by atoms with van der Waals surface area (Å²) in [4.78, 5) is 40.8. The van der Waals surface area contributed by atoms with E-state index in [1.165, 1.54) is 43.2 Å².